The Morgan fingerprint density at radius 2 is 1.93 bits per heavy atom. The van der Waals surface area contributed by atoms with Crippen LogP contribution >= 0.6 is 11.3 Å². The van der Waals surface area contributed by atoms with Gasteiger partial charge in [0.25, 0.3) is 11.1 Å². The van der Waals surface area contributed by atoms with Crippen molar-refractivity contribution in [2.75, 3.05) is 13.1 Å². The second-order valence-electron chi connectivity index (χ2n) is 7.23. The standard InChI is InChI=1S/C19H20F3N3O2S/c1-11-16(12-6-8-25(11)9-7-12)24-17(26)13-2-4-14(5-3-13)27-18-23-10-15(28-18)19(20,21)22/h2-5,10-12,16H,6-9H2,1H3,(H,24,26). The van der Waals surface area contributed by atoms with Crippen LogP contribution in [0.5, 0.6) is 10.9 Å². The van der Waals surface area contributed by atoms with Crippen molar-refractivity contribution >= 4 is 17.2 Å². The molecule has 5 rings (SSSR count). The summed E-state index contributed by atoms with van der Waals surface area (Å²) >= 11 is 0.433. The molecule has 1 amide bonds. The highest BCUT2D eigenvalue weighted by Gasteiger charge is 2.40. The van der Waals surface area contributed by atoms with Gasteiger partial charge in [-0.25, -0.2) is 4.98 Å². The summed E-state index contributed by atoms with van der Waals surface area (Å²) in [5, 5.41) is 3.06. The van der Waals surface area contributed by atoms with Crippen LogP contribution in [-0.2, 0) is 6.18 Å². The van der Waals surface area contributed by atoms with Gasteiger partial charge in [0.05, 0.1) is 6.20 Å². The Morgan fingerprint density at radius 1 is 1.25 bits per heavy atom. The van der Waals surface area contributed by atoms with E-state index >= 15 is 0 Å². The molecular weight excluding hydrogens is 391 g/mol. The van der Waals surface area contributed by atoms with Crippen molar-refractivity contribution in [3.8, 4) is 10.9 Å². The van der Waals surface area contributed by atoms with Crippen LogP contribution in [0.4, 0.5) is 13.2 Å². The van der Waals surface area contributed by atoms with E-state index in [1.807, 2.05) is 0 Å². The number of hydrogen-bond donors (Lipinski definition) is 1. The molecule has 3 aliphatic rings. The molecule has 1 aromatic carbocycles. The number of halogens is 3. The number of thiazole rings is 1. The van der Waals surface area contributed by atoms with Gasteiger partial charge in [0.1, 0.15) is 10.6 Å². The van der Waals surface area contributed by atoms with Gasteiger partial charge in [0.15, 0.2) is 0 Å². The molecule has 150 valence electrons. The number of carbonyl (C=O) groups is 1. The third kappa shape index (κ3) is 3.86. The molecule has 3 aliphatic heterocycles. The first-order chi connectivity index (χ1) is 13.3. The maximum Gasteiger partial charge on any atom is 0.427 e. The van der Waals surface area contributed by atoms with E-state index < -0.39 is 11.1 Å². The van der Waals surface area contributed by atoms with Gasteiger partial charge in [-0.3, -0.25) is 9.69 Å². The van der Waals surface area contributed by atoms with Crippen molar-refractivity contribution in [2.45, 2.75) is 38.0 Å². The van der Waals surface area contributed by atoms with Crippen LogP contribution in [0.2, 0.25) is 0 Å². The summed E-state index contributed by atoms with van der Waals surface area (Å²) in [6.45, 7) is 4.34. The Balaban J connectivity index is 1.39. The summed E-state index contributed by atoms with van der Waals surface area (Å²) < 4.78 is 43.2. The van der Waals surface area contributed by atoms with E-state index in [0.29, 0.717) is 34.6 Å². The molecule has 28 heavy (non-hydrogen) atoms. The number of ether oxygens (including phenoxy) is 1. The number of rotatable bonds is 4. The van der Waals surface area contributed by atoms with Crippen LogP contribution in [0, 0.1) is 5.92 Å². The lowest BCUT2D eigenvalue weighted by atomic mass is 9.79. The SMILES string of the molecule is CC1C(NC(=O)c2ccc(Oc3ncc(C(F)(F)F)s3)cc2)C2CCN1CC2. The van der Waals surface area contributed by atoms with Gasteiger partial charge in [-0.1, -0.05) is 11.3 Å². The fraction of sp³-hybridized carbons (Fsp3) is 0.474. The molecule has 2 aromatic rings. The summed E-state index contributed by atoms with van der Waals surface area (Å²) in [6.07, 6.45) is -1.48. The number of hydrogen-bond acceptors (Lipinski definition) is 5. The molecule has 1 N–H and O–H groups in total. The van der Waals surface area contributed by atoms with E-state index in [2.05, 4.69) is 22.1 Å². The lowest BCUT2D eigenvalue weighted by Crippen LogP contribution is -2.62. The van der Waals surface area contributed by atoms with Crippen LogP contribution in [0.1, 0.15) is 35.0 Å². The van der Waals surface area contributed by atoms with E-state index in [4.69, 9.17) is 4.74 Å². The normalized spacial score (nSPS) is 26.9. The van der Waals surface area contributed by atoms with Crippen molar-refractivity contribution in [1.82, 2.24) is 15.2 Å². The molecule has 0 aliphatic carbocycles. The molecule has 3 saturated heterocycles. The Kier molecular flexibility index (Phi) is 5.05. The summed E-state index contributed by atoms with van der Waals surface area (Å²) in [4.78, 5) is 17.8. The molecule has 0 saturated carbocycles. The van der Waals surface area contributed by atoms with Gasteiger partial charge in [-0.2, -0.15) is 13.2 Å². The molecule has 4 heterocycles. The van der Waals surface area contributed by atoms with E-state index in [1.54, 1.807) is 24.3 Å². The molecule has 2 bridgehead atoms. The van der Waals surface area contributed by atoms with Crippen molar-refractivity contribution in [3.05, 3.63) is 40.9 Å². The van der Waals surface area contributed by atoms with Crippen LogP contribution in [0.25, 0.3) is 0 Å². The zero-order valence-corrected chi connectivity index (χ0v) is 16.0. The van der Waals surface area contributed by atoms with Crippen molar-refractivity contribution in [3.63, 3.8) is 0 Å². The summed E-state index contributed by atoms with van der Waals surface area (Å²) in [5.74, 6) is 0.695. The fourth-order valence-corrected chi connectivity index (χ4v) is 4.64. The molecular formula is C19H20F3N3O2S. The Labute approximate surface area is 164 Å². The fourth-order valence-electron chi connectivity index (χ4n) is 3.99. The Hall–Kier alpha value is -2.13. The molecule has 2 unspecified atom stereocenters. The van der Waals surface area contributed by atoms with Gasteiger partial charge < -0.3 is 10.1 Å². The number of nitrogens with one attached hydrogen (secondary N) is 1. The van der Waals surface area contributed by atoms with Gasteiger partial charge in [-0.05, 0) is 63.0 Å². The average molecular weight is 411 g/mol. The summed E-state index contributed by atoms with van der Waals surface area (Å²) in [7, 11) is 0. The lowest BCUT2D eigenvalue weighted by Gasteiger charge is -2.49. The minimum absolute atomic E-state index is 0.0920. The molecule has 2 atom stereocenters. The number of alkyl halides is 3. The average Bonchev–Trinajstić information content (AvgIpc) is 3.14. The molecule has 0 spiro atoms. The summed E-state index contributed by atoms with van der Waals surface area (Å²) in [5.41, 5.74) is 0.492. The number of carbonyl (C=O) groups excluding carboxylic acids is 1. The minimum Gasteiger partial charge on any atom is -0.431 e. The highest BCUT2D eigenvalue weighted by atomic mass is 32.1. The van der Waals surface area contributed by atoms with E-state index in [1.165, 1.54) is 0 Å². The zero-order chi connectivity index (χ0) is 19.9. The van der Waals surface area contributed by atoms with E-state index in [-0.39, 0.29) is 17.1 Å². The second kappa shape index (κ2) is 7.36. The predicted octanol–water partition coefficient (Wildman–Crippen LogP) is 4.17. The van der Waals surface area contributed by atoms with Crippen LogP contribution in [0.15, 0.2) is 30.5 Å². The number of piperidine rings is 3. The van der Waals surface area contributed by atoms with Crippen molar-refractivity contribution in [2.24, 2.45) is 5.92 Å². The maximum absolute atomic E-state index is 12.6. The highest BCUT2D eigenvalue weighted by molar-refractivity contribution is 7.13. The molecule has 5 nitrogen and oxygen atoms in total. The smallest absolute Gasteiger partial charge is 0.427 e. The third-order valence-electron chi connectivity index (χ3n) is 5.56. The minimum atomic E-state index is -4.44. The Morgan fingerprint density at radius 3 is 2.50 bits per heavy atom. The van der Waals surface area contributed by atoms with Gasteiger partial charge in [0.2, 0.25) is 0 Å². The quantitative estimate of drug-likeness (QED) is 0.821. The third-order valence-corrected chi connectivity index (χ3v) is 6.48. The van der Waals surface area contributed by atoms with Gasteiger partial charge in [0, 0.05) is 17.6 Å². The van der Waals surface area contributed by atoms with Gasteiger partial charge in [-0.15, -0.1) is 0 Å². The lowest BCUT2D eigenvalue weighted by molar-refractivity contribution is -0.134. The Bertz CT molecular complexity index is 843. The largest absolute Gasteiger partial charge is 0.431 e. The number of amides is 1. The van der Waals surface area contributed by atoms with E-state index in [9.17, 15) is 18.0 Å². The second-order valence-corrected chi connectivity index (χ2v) is 8.22. The number of nitrogens with zero attached hydrogens (tertiary/aromatic N) is 2. The molecule has 1 aromatic heterocycles. The first kappa shape index (κ1) is 19.2. The first-order valence-electron chi connectivity index (χ1n) is 9.17. The number of benzene rings is 1. The van der Waals surface area contributed by atoms with Crippen molar-refractivity contribution in [1.29, 1.82) is 0 Å². The topological polar surface area (TPSA) is 54.5 Å². The van der Waals surface area contributed by atoms with Crippen LogP contribution in [0.3, 0.4) is 0 Å². The number of fused-ring (bicyclic) bond motifs is 3. The predicted molar refractivity (Wildman–Crippen MR) is 98.6 cm³/mol. The molecule has 0 radical (unpaired) electrons. The van der Waals surface area contributed by atoms with Crippen LogP contribution < -0.4 is 10.1 Å². The zero-order valence-electron chi connectivity index (χ0n) is 15.2. The van der Waals surface area contributed by atoms with Crippen molar-refractivity contribution < 1.29 is 22.7 Å². The van der Waals surface area contributed by atoms with E-state index in [0.717, 1.165) is 32.1 Å². The number of aromatic nitrogens is 1. The maximum atomic E-state index is 12.6. The molecule has 3 fully saturated rings. The summed E-state index contributed by atoms with van der Waals surface area (Å²) in [6, 6.07) is 6.80. The highest BCUT2D eigenvalue weighted by Crippen LogP contribution is 2.37. The van der Waals surface area contributed by atoms with Crippen LogP contribution in [-0.4, -0.2) is 41.0 Å². The molecule has 9 heteroatoms. The first-order valence-corrected chi connectivity index (χ1v) is 9.99. The van der Waals surface area contributed by atoms with Gasteiger partial charge >= 0.3 is 6.18 Å². The monoisotopic (exact) mass is 411 g/mol.